The number of sulfonamides is 1. The molecule has 1 aromatic carbocycles. The van der Waals surface area contributed by atoms with Crippen molar-refractivity contribution < 1.29 is 26.4 Å². The minimum Gasteiger partial charge on any atom is -0.348 e. The van der Waals surface area contributed by atoms with E-state index in [9.17, 15) is 26.4 Å². The maximum atomic E-state index is 12.9. The summed E-state index contributed by atoms with van der Waals surface area (Å²) in [5.74, 6) is -0.618. The Bertz CT molecular complexity index is 1220. The molecule has 164 valence electrons. The van der Waals surface area contributed by atoms with Crippen molar-refractivity contribution in [3.05, 3.63) is 70.5 Å². The number of alkyl halides is 3. The fourth-order valence-corrected chi connectivity index (χ4v) is 3.29. The fraction of sp³-hybridized carbons (Fsp3) is 0.211. The summed E-state index contributed by atoms with van der Waals surface area (Å²) >= 11 is 0. The zero-order valence-corrected chi connectivity index (χ0v) is 17.0. The van der Waals surface area contributed by atoms with Crippen molar-refractivity contribution >= 4 is 27.7 Å². The van der Waals surface area contributed by atoms with Crippen LogP contribution in [0.5, 0.6) is 0 Å². The number of fused-ring (bicyclic) bond motifs is 1. The van der Waals surface area contributed by atoms with E-state index in [0.717, 1.165) is 33.7 Å². The normalized spacial score (nSPS) is 12.5. The van der Waals surface area contributed by atoms with Crippen molar-refractivity contribution in [2.45, 2.75) is 19.6 Å². The number of aromatic nitrogens is 3. The summed E-state index contributed by atoms with van der Waals surface area (Å²) in [6.45, 7) is 1.12. The van der Waals surface area contributed by atoms with E-state index in [1.165, 1.54) is 6.08 Å². The van der Waals surface area contributed by atoms with Gasteiger partial charge in [0, 0.05) is 11.6 Å². The van der Waals surface area contributed by atoms with Crippen LogP contribution in [0.25, 0.3) is 11.7 Å². The average molecular weight is 453 g/mol. The van der Waals surface area contributed by atoms with Crippen LogP contribution in [0.1, 0.15) is 22.5 Å². The number of nitrogens with one attached hydrogen (secondary N) is 2. The van der Waals surface area contributed by atoms with E-state index < -0.39 is 34.2 Å². The third-order valence-corrected chi connectivity index (χ3v) is 5.24. The van der Waals surface area contributed by atoms with Gasteiger partial charge in [0.05, 0.1) is 18.7 Å². The number of halogens is 3. The number of carbonyl (C=O) groups is 1. The Kier molecular flexibility index (Phi) is 6.41. The van der Waals surface area contributed by atoms with E-state index in [2.05, 4.69) is 20.2 Å². The topological polar surface area (TPSA) is 105 Å². The molecule has 12 heteroatoms. The first-order chi connectivity index (χ1) is 14.5. The number of pyridine rings is 1. The number of nitrogens with zero attached hydrogens (tertiary/aromatic N) is 3. The molecule has 2 N–H and O–H groups in total. The summed E-state index contributed by atoms with van der Waals surface area (Å²) in [6, 6.07) is 9.21. The summed E-state index contributed by atoms with van der Waals surface area (Å²) in [4.78, 5) is 12.0. The number of hydrogen-bond donors (Lipinski definition) is 2. The van der Waals surface area contributed by atoms with E-state index >= 15 is 0 Å². The predicted molar refractivity (Wildman–Crippen MR) is 107 cm³/mol. The van der Waals surface area contributed by atoms with Crippen molar-refractivity contribution in [2.75, 3.05) is 6.54 Å². The molecule has 0 fully saturated rings. The molecular formula is C19H18F3N5O3S. The zero-order valence-electron chi connectivity index (χ0n) is 16.2. The Balaban J connectivity index is 1.57. The lowest BCUT2D eigenvalue weighted by molar-refractivity contribution is -0.137. The van der Waals surface area contributed by atoms with Crippen LogP contribution >= 0.6 is 0 Å². The van der Waals surface area contributed by atoms with Crippen LogP contribution in [0.2, 0.25) is 0 Å². The quantitative estimate of drug-likeness (QED) is 0.571. The summed E-state index contributed by atoms with van der Waals surface area (Å²) in [7, 11) is -3.86. The van der Waals surface area contributed by atoms with Crippen LogP contribution in [0.4, 0.5) is 13.2 Å². The second-order valence-corrected chi connectivity index (χ2v) is 8.27. The molecule has 1 amide bonds. The number of aryl methyl sites for hydroxylation is 1. The van der Waals surface area contributed by atoms with Crippen LogP contribution in [0.15, 0.2) is 48.0 Å². The van der Waals surface area contributed by atoms with Gasteiger partial charge in [0.25, 0.3) is 0 Å². The molecule has 0 aliphatic carbocycles. The van der Waals surface area contributed by atoms with E-state index in [1.807, 2.05) is 19.1 Å². The van der Waals surface area contributed by atoms with E-state index in [0.29, 0.717) is 5.56 Å². The predicted octanol–water partition coefficient (Wildman–Crippen LogP) is 2.26. The van der Waals surface area contributed by atoms with E-state index in [-0.39, 0.29) is 18.0 Å². The van der Waals surface area contributed by atoms with E-state index in [4.69, 9.17) is 0 Å². The molecule has 0 aliphatic heterocycles. The molecule has 31 heavy (non-hydrogen) atoms. The van der Waals surface area contributed by atoms with Gasteiger partial charge >= 0.3 is 6.18 Å². The molecule has 0 bridgehead atoms. The molecule has 0 radical (unpaired) electrons. The summed E-state index contributed by atoms with van der Waals surface area (Å²) < 4.78 is 65.9. The highest BCUT2D eigenvalue weighted by molar-refractivity contribution is 7.92. The first kappa shape index (κ1) is 22.4. The van der Waals surface area contributed by atoms with Gasteiger partial charge in [-0.2, -0.15) is 13.2 Å². The molecule has 3 aromatic rings. The van der Waals surface area contributed by atoms with E-state index in [1.54, 1.807) is 12.1 Å². The van der Waals surface area contributed by atoms with Crippen LogP contribution in [0, 0.1) is 6.92 Å². The minimum atomic E-state index is -4.54. The Morgan fingerprint density at radius 3 is 2.52 bits per heavy atom. The molecule has 3 rings (SSSR count). The SMILES string of the molecule is Cc1ccc(/C=C/S(=O)(=O)NCC(=O)NCc2nnc3ccc(C(F)(F)F)cn23)cc1. The van der Waals surface area contributed by atoms with Gasteiger partial charge in [-0.1, -0.05) is 29.8 Å². The monoisotopic (exact) mass is 453 g/mol. The highest BCUT2D eigenvalue weighted by Crippen LogP contribution is 2.29. The van der Waals surface area contributed by atoms with Crippen molar-refractivity contribution in [1.29, 1.82) is 0 Å². The second-order valence-electron chi connectivity index (χ2n) is 6.62. The maximum absolute atomic E-state index is 12.9. The molecule has 0 unspecified atom stereocenters. The van der Waals surface area contributed by atoms with Crippen LogP contribution in [0.3, 0.4) is 0 Å². The lowest BCUT2D eigenvalue weighted by Crippen LogP contribution is -2.36. The number of rotatable bonds is 7. The lowest BCUT2D eigenvalue weighted by atomic mass is 10.2. The molecule has 0 atom stereocenters. The smallest absolute Gasteiger partial charge is 0.348 e. The highest BCUT2D eigenvalue weighted by atomic mass is 32.2. The van der Waals surface area contributed by atoms with Gasteiger partial charge in [-0.15, -0.1) is 10.2 Å². The number of hydrogen-bond acceptors (Lipinski definition) is 5. The first-order valence-electron chi connectivity index (χ1n) is 8.95. The van der Waals surface area contributed by atoms with Crippen LogP contribution < -0.4 is 10.0 Å². The van der Waals surface area contributed by atoms with Crippen LogP contribution in [-0.2, 0) is 27.5 Å². The zero-order chi connectivity index (χ0) is 22.6. The minimum absolute atomic E-state index is 0.0663. The third kappa shape index (κ3) is 6.12. The maximum Gasteiger partial charge on any atom is 0.417 e. The van der Waals surface area contributed by atoms with Gasteiger partial charge < -0.3 is 5.32 Å². The molecule has 0 saturated heterocycles. The fourth-order valence-electron chi connectivity index (χ4n) is 2.53. The van der Waals surface area contributed by atoms with Gasteiger partial charge in [-0.3, -0.25) is 9.20 Å². The van der Waals surface area contributed by atoms with Crippen molar-refractivity contribution in [3.8, 4) is 0 Å². The standard InChI is InChI=1S/C19H18F3N5O3S/c1-13-2-4-14(5-3-13)8-9-31(29,30)24-11-18(28)23-10-17-26-25-16-7-6-15(12-27(16)17)19(20,21)22/h2-9,12,24H,10-11H2,1H3,(H,23,28)/b9-8+. The summed E-state index contributed by atoms with van der Waals surface area (Å²) in [5.41, 5.74) is 1.00. The molecule has 0 spiro atoms. The lowest BCUT2D eigenvalue weighted by Gasteiger charge is -2.08. The van der Waals surface area contributed by atoms with Crippen molar-refractivity contribution in [1.82, 2.24) is 24.6 Å². The van der Waals surface area contributed by atoms with Gasteiger partial charge in [0.2, 0.25) is 15.9 Å². The molecule has 0 aliphatic rings. The number of carbonyl (C=O) groups excluding carboxylic acids is 1. The molecule has 2 heterocycles. The third-order valence-electron chi connectivity index (χ3n) is 4.19. The first-order valence-corrected chi connectivity index (χ1v) is 10.5. The van der Waals surface area contributed by atoms with Gasteiger partial charge in [-0.05, 0) is 30.7 Å². The molecule has 2 aromatic heterocycles. The number of benzene rings is 1. The summed E-state index contributed by atoms with van der Waals surface area (Å²) in [6.07, 6.45) is -2.32. The average Bonchev–Trinajstić information content (AvgIpc) is 3.12. The van der Waals surface area contributed by atoms with Crippen molar-refractivity contribution in [3.63, 3.8) is 0 Å². The molecule has 0 saturated carbocycles. The Morgan fingerprint density at radius 1 is 1.13 bits per heavy atom. The van der Waals surface area contributed by atoms with Gasteiger partial charge in [0.15, 0.2) is 11.5 Å². The Morgan fingerprint density at radius 2 is 1.84 bits per heavy atom. The number of amides is 1. The largest absolute Gasteiger partial charge is 0.417 e. The Labute approximate surface area is 175 Å². The van der Waals surface area contributed by atoms with Gasteiger partial charge in [0.1, 0.15) is 0 Å². The Hall–Kier alpha value is -3.25. The van der Waals surface area contributed by atoms with Crippen LogP contribution in [-0.4, -0.2) is 35.5 Å². The highest BCUT2D eigenvalue weighted by Gasteiger charge is 2.31. The van der Waals surface area contributed by atoms with Crippen molar-refractivity contribution in [2.24, 2.45) is 0 Å². The summed E-state index contributed by atoms with van der Waals surface area (Å²) in [5, 5.41) is 10.8. The second kappa shape index (κ2) is 8.86. The molecule has 8 nitrogen and oxygen atoms in total. The molecular weight excluding hydrogens is 435 g/mol. The van der Waals surface area contributed by atoms with Gasteiger partial charge in [-0.25, -0.2) is 13.1 Å².